The summed E-state index contributed by atoms with van der Waals surface area (Å²) in [5.41, 5.74) is -3.63. The Hall–Kier alpha value is -2.95. The van der Waals surface area contributed by atoms with Gasteiger partial charge >= 0.3 is 5.22 Å². The van der Waals surface area contributed by atoms with Gasteiger partial charge < -0.3 is 9.40 Å². The minimum atomic E-state index is -9.55. The molecule has 1 atom stereocenters. The minimum absolute atomic E-state index is 0.0943. The highest BCUT2D eigenvalue weighted by Gasteiger charge is 2.77. The topological polar surface area (TPSA) is 67.6 Å². The molecule has 4 rings (SSSR count). The lowest BCUT2D eigenvalue weighted by atomic mass is 10.2. The third kappa shape index (κ3) is 2.74. The largest absolute Gasteiger partial charge is 0.407 e. The zero-order valence-electron chi connectivity index (χ0n) is 13.3. The van der Waals surface area contributed by atoms with Crippen molar-refractivity contribution in [3.63, 3.8) is 0 Å². The highest BCUT2D eigenvalue weighted by Crippen LogP contribution is 3.06. The summed E-state index contributed by atoms with van der Waals surface area (Å²) in [7, 11) is -9.55. The Bertz CT molecular complexity index is 1140. The van der Waals surface area contributed by atoms with Crippen molar-refractivity contribution >= 4 is 20.9 Å². The summed E-state index contributed by atoms with van der Waals surface area (Å²) in [6.07, 6.45) is 1.40. The average molecular weight is 402 g/mol. The van der Waals surface area contributed by atoms with E-state index < -0.39 is 32.0 Å². The second-order valence-electron chi connectivity index (χ2n) is 5.87. The van der Waals surface area contributed by atoms with Crippen molar-refractivity contribution in [3.8, 4) is 11.5 Å². The molecule has 0 spiro atoms. The van der Waals surface area contributed by atoms with Crippen molar-refractivity contribution in [2.24, 2.45) is 0 Å². The molecular weight excluding hydrogens is 391 g/mol. The SMILES string of the molecule is FC(c1ccccc1)S(F)(F)(F)(F)c1nnc(-c2ccc3[nH]cnc3c2)o1. The molecule has 0 aliphatic carbocycles. The van der Waals surface area contributed by atoms with E-state index in [1.807, 2.05) is 0 Å². The summed E-state index contributed by atoms with van der Waals surface area (Å²) in [6.45, 7) is 0. The van der Waals surface area contributed by atoms with Crippen LogP contribution in [0.1, 0.15) is 11.1 Å². The van der Waals surface area contributed by atoms with Crippen LogP contribution in [0.25, 0.3) is 22.5 Å². The van der Waals surface area contributed by atoms with Crippen LogP contribution in [-0.4, -0.2) is 20.2 Å². The van der Waals surface area contributed by atoms with Crippen LogP contribution in [-0.2, 0) is 0 Å². The number of alkyl halides is 1. The lowest BCUT2D eigenvalue weighted by molar-refractivity contribution is 0.283. The molecule has 0 fully saturated rings. The second kappa shape index (κ2) is 5.06. The Balaban J connectivity index is 1.80. The van der Waals surface area contributed by atoms with Gasteiger partial charge in [-0.05, 0) is 18.2 Å². The van der Waals surface area contributed by atoms with Gasteiger partial charge in [0.2, 0.25) is 11.4 Å². The Labute approximate surface area is 148 Å². The fourth-order valence-electron chi connectivity index (χ4n) is 2.53. The molecule has 0 radical (unpaired) electrons. The van der Waals surface area contributed by atoms with Crippen molar-refractivity contribution in [1.82, 2.24) is 20.2 Å². The number of rotatable bonds is 4. The van der Waals surface area contributed by atoms with E-state index in [2.05, 4.69) is 24.6 Å². The molecule has 0 aliphatic rings. The van der Waals surface area contributed by atoms with E-state index in [1.54, 1.807) is 0 Å². The molecule has 4 aromatic rings. The van der Waals surface area contributed by atoms with Gasteiger partial charge in [-0.15, -0.1) is 20.6 Å². The molecule has 2 aromatic heterocycles. The number of hydrogen-bond acceptors (Lipinski definition) is 4. The number of nitrogens with zero attached hydrogens (tertiary/aromatic N) is 3. The van der Waals surface area contributed by atoms with E-state index in [9.17, 15) is 19.9 Å². The number of aromatic nitrogens is 4. The number of imidazole rings is 1. The molecule has 0 bridgehead atoms. The van der Waals surface area contributed by atoms with Gasteiger partial charge in [-0.3, -0.25) is 0 Å². The van der Waals surface area contributed by atoms with E-state index in [4.69, 9.17) is 0 Å². The van der Waals surface area contributed by atoms with E-state index in [-0.39, 0.29) is 5.56 Å². The molecule has 142 valence electrons. The number of H-pyrrole nitrogens is 1. The molecule has 27 heavy (non-hydrogen) atoms. The zero-order chi connectivity index (χ0) is 19.3. The highest BCUT2D eigenvalue weighted by molar-refractivity contribution is 8.49. The predicted octanol–water partition coefficient (Wildman–Crippen LogP) is 6.05. The summed E-state index contributed by atoms with van der Waals surface area (Å²) in [5, 5.41) is 3.73. The molecule has 0 amide bonds. The zero-order valence-corrected chi connectivity index (χ0v) is 14.1. The molecule has 5 nitrogen and oxygen atoms in total. The van der Waals surface area contributed by atoms with E-state index >= 15 is 0 Å². The number of aromatic amines is 1. The van der Waals surface area contributed by atoms with Crippen molar-refractivity contribution in [3.05, 3.63) is 60.4 Å². The third-order valence-electron chi connectivity index (χ3n) is 3.92. The number of hydrogen-bond donors (Lipinski definition) is 1. The van der Waals surface area contributed by atoms with Crippen LogP contribution in [0.15, 0.2) is 64.5 Å². The molecule has 11 heteroatoms. The van der Waals surface area contributed by atoms with Crippen LogP contribution in [0.4, 0.5) is 19.9 Å². The van der Waals surface area contributed by atoms with Crippen molar-refractivity contribution in [1.29, 1.82) is 0 Å². The summed E-state index contributed by atoms with van der Waals surface area (Å²) >= 11 is 0. The Kier molecular flexibility index (Phi) is 3.27. The maximum Gasteiger partial charge on any atom is 0.348 e. The first-order valence-corrected chi connectivity index (χ1v) is 9.65. The Morgan fingerprint density at radius 1 is 0.963 bits per heavy atom. The van der Waals surface area contributed by atoms with Gasteiger partial charge in [-0.25, -0.2) is 9.37 Å². The molecule has 1 N–H and O–H groups in total. The molecule has 1 unspecified atom stereocenters. The van der Waals surface area contributed by atoms with Crippen LogP contribution in [0, 0.1) is 0 Å². The first-order valence-electron chi connectivity index (χ1n) is 7.54. The van der Waals surface area contributed by atoms with Crippen LogP contribution in [0.2, 0.25) is 0 Å². The first kappa shape index (κ1) is 17.5. The minimum Gasteiger partial charge on any atom is -0.407 e. The molecule has 2 aromatic carbocycles. The standard InChI is InChI=1S/C16H11F5N4OS/c17-14(10-4-2-1-3-5-10)27(18,19,20,21)16-25-24-15(26-16)11-6-7-12-13(8-11)23-9-22-12/h1-9,14H,(H,22,23). The van der Waals surface area contributed by atoms with Crippen molar-refractivity contribution in [2.75, 3.05) is 0 Å². The maximum atomic E-state index is 14.5. The van der Waals surface area contributed by atoms with Crippen molar-refractivity contribution in [2.45, 2.75) is 10.7 Å². The van der Waals surface area contributed by atoms with Crippen LogP contribution < -0.4 is 0 Å². The Morgan fingerprint density at radius 2 is 1.70 bits per heavy atom. The smallest absolute Gasteiger partial charge is 0.348 e. The van der Waals surface area contributed by atoms with Gasteiger partial charge in [0.1, 0.15) is 0 Å². The van der Waals surface area contributed by atoms with Crippen molar-refractivity contribution < 1.29 is 24.4 Å². The van der Waals surface area contributed by atoms with Crippen LogP contribution in [0.3, 0.4) is 0 Å². The summed E-state index contributed by atoms with van der Waals surface area (Å²) in [6, 6.07) is 9.74. The molecular formula is C16H11F5N4OS. The fraction of sp³-hybridized carbons (Fsp3) is 0.0625. The van der Waals surface area contributed by atoms with Gasteiger partial charge in [0.15, 0.2) is 0 Å². The monoisotopic (exact) mass is 402 g/mol. The average Bonchev–Trinajstić information content (AvgIpc) is 3.30. The van der Waals surface area contributed by atoms with Gasteiger partial charge in [0.25, 0.3) is 9.84 Å². The maximum absolute atomic E-state index is 14.5. The number of benzene rings is 2. The lowest BCUT2D eigenvalue weighted by Gasteiger charge is -2.47. The fourth-order valence-corrected chi connectivity index (χ4v) is 3.88. The quantitative estimate of drug-likeness (QED) is 0.422. The van der Waals surface area contributed by atoms with E-state index in [1.165, 1.54) is 42.7 Å². The number of nitrogens with one attached hydrogen (secondary N) is 1. The Morgan fingerprint density at radius 3 is 2.44 bits per heavy atom. The van der Waals surface area contributed by atoms with Gasteiger partial charge in [-0.2, -0.15) is 0 Å². The summed E-state index contributed by atoms with van der Waals surface area (Å²) in [5.74, 6) is -0.592. The number of halogens is 5. The summed E-state index contributed by atoms with van der Waals surface area (Å²) in [4.78, 5) is 6.77. The van der Waals surface area contributed by atoms with Gasteiger partial charge in [-0.1, -0.05) is 35.4 Å². The normalized spacial score (nSPS) is 16.0. The van der Waals surface area contributed by atoms with Crippen LogP contribution >= 0.6 is 9.84 Å². The molecule has 0 aliphatic heterocycles. The van der Waals surface area contributed by atoms with Gasteiger partial charge in [0.05, 0.1) is 17.4 Å². The summed E-state index contributed by atoms with van der Waals surface area (Å²) < 4.78 is 77.1. The van der Waals surface area contributed by atoms with Gasteiger partial charge in [0, 0.05) is 11.1 Å². The second-order valence-corrected chi connectivity index (χ2v) is 8.90. The first-order chi connectivity index (χ1) is 12.6. The predicted molar refractivity (Wildman–Crippen MR) is 90.0 cm³/mol. The molecule has 0 saturated heterocycles. The molecule has 0 saturated carbocycles. The third-order valence-corrected chi connectivity index (χ3v) is 5.92. The lowest BCUT2D eigenvalue weighted by Crippen LogP contribution is -2.21. The van der Waals surface area contributed by atoms with E-state index in [0.717, 1.165) is 12.1 Å². The van der Waals surface area contributed by atoms with E-state index in [0.29, 0.717) is 11.0 Å². The van der Waals surface area contributed by atoms with Crippen LogP contribution in [0.5, 0.6) is 0 Å². The highest BCUT2D eigenvalue weighted by atomic mass is 32.5. The molecule has 2 heterocycles. The number of fused-ring (bicyclic) bond motifs is 1.